The predicted octanol–water partition coefficient (Wildman–Crippen LogP) is 1.28. The minimum atomic E-state index is -0.698. The molecule has 0 saturated carbocycles. The summed E-state index contributed by atoms with van der Waals surface area (Å²) in [6.07, 6.45) is 2.59. The quantitative estimate of drug-likeness (QED) is 0.879. The van der Waals surface area contributed by atoms with Gasteiger partial charge in [-0.1, -0.05) is 29.8 Å². The molecule has 2 N–H and O–H groups in total. The molecule has 1 aliphatic rings. The topological polar surface area (TPSA) is 82.5 Å². The van der Waals surface area contributed by atoms with Crippen LogP contribution in [0.5, 0.6) is 0 Å². The van der Waals surface area contributed by atoms with Crippen LogP contribution in [0.4, 0.5) is 0 Å². The van der Waals surface area contributed by atoms with E-state index in [4.69, 9.17) is 0 Å². The van der Waals surface area contributed by atoms with Gasteiger partial charge in [0.25, 0.3) is 5.91 Å². The summed E-state index contributed by atoms with van der Waals surface area (Å²) in [5, 5.41) is 12.8. The molecular formula is C19H21N3O3. The van der Waals surface area contributed by atoms with Gasteiger partial charge in [-0.25, -0.2) is 0 Å². The molecule has 0 spiro atoms. The monoisotopic (exact) mass is 339 g/mol. The molecule has 1 aliphatic heterocycles. The second kappa shape index (κ2) is 7.44. The van der Waals surface area contributed by atoms with Crippen LogP contribution in [0.1, 0.15) is 27.9 Å². The maximum Gasteiger partial charge on any atom is 0.256 e. The second-order valence-corrected chi connectivity index (χ2v) is 6.31. The van der Waals surface area contributed by atoms with Crippen molar-refractivity contribution in [3.8, 4) is 0 Å². The number of β-amino-alcohol motifs (C(OH)–C–C–N with tert-alkyl or cyclic N) is 1. The third kappa shape index (κ3) is 4.03. The van der Waals surface area contributed by atoms with Gasteiger partial charge in [-0.05, 0) is 24.6 Å². The molecule has 1 fully saturated rings. The van der Waals surface area contributed by atoms with E-state index in [9.17, 15) is 14.7 Å². The number of aryl methyl sites for hydroxylation is 1. The highest BCUT2D eigenvalue weighted by Crippen LogP contribution is 2.21. The summed E-state index contributed by atoms with van der Waals surface area (Å²) in [5.41, 5.74) is 2.55. The van der Waals surface area contributed by atoms with Crippen LogP contribution in [-0.2, 0) is 11.3 Å². The van der Waals surface area contributed by atoms with E-state index in [1.807, 2.05) is 31.2 Å². The first-order valence-corrected chi connectivity index (χ1v) is 8.27. The van der Waals surface area contributed by atoms with E-state index in [1.54, 1.807) is 18.3 Å². The molecule has 0 bridgehead atoms. The Balaban J connectivity index is 1.67. The number of nitrogens with one attached hydrogen (secondary N) is 1. The van der Waals surface area contributed by atoms with Gasteiger partial charge in [0.05, 0.1) is 11.7 Å². The maximum atomic E-state index is 12.6. The largest absolute Gasteiger partial charge is 0.391 e. The standard InChI is InChI=1S/C19H21N3O3/c1-13-4-6-14(7-5-13)10-21-18(24)17-9-16(23)12-22(17)19(25)15-3-2-8-20-11-15/h2-8,11,16-17,23H,9-10,12H2,1H3,(H,21,24)/t16-,17+/m1/s1. The zero-order chi connectivity index (χ0) is 17.8. The second-order valence-electron chi connectivity index (χ2n) is 6.31. The van der Waals surface area contributed by atoms with Gasteiger partial charge < -0.3 is 15.3 Å². The van der Waals surface area contributed by atoms with E-state index in [-0.39, 0.29) is 24.8 Å². The summed E-state index contributed by atoms with van der Waals surface area (Å²) < 4.78 is 0. The lowest BCUT2D eigenvalue weighted by molar-refractivity contribution is -0.125. The molecule has 25 heavy (non-hydrogen) atoms. The Morgan fingerprint density at radius 2 is 2.04 bits per heavy atom. The average Bonchev–Trinajstić information content (AvgIpc) is 3.03. The number of carbonyl (C=O) groups excluding carboxylic acids is 2. The number of amides is 2. The van der Waals surface area contributed by atoms with E-state index in [1.165, 1.54) is 11.1 Å². The number of benzene rings is 1. The molecule has 6 nitrogen and oxygen atoms in total. The van der Waals surface area contributed by atoms with Crippen LogP contribution in [0, 0.1) is 6.92 Å². The smallest absolute Gasteiger partial charge is 0.256 e. The van der Waals surface area contributed by atoms with Crippen molar-refractivity contribution in [3.05, 3.63) is 65.5 Å². The van der Waals surface area contributed by atoms with Gasteiger partial charge in [-0.3, -0.25) is 14.6 Å². The summed E-state index contributed by atoms with van der Waals surface area (Å²) in [5.74, 6) is -0.547. The van der Waals surface area contributed by atoms with Crippen molar-refractivity contribution in [2.45, 2.75) is 32.0 Å². The average molecular weight is 339 g/mol. The number of likely N-dealkylation sites (tertiary alicyclic amines) is 1. The fourth-order valence-corrected chi connectivity index (χ4v) is 2.95. The minimum Gasteiger partial charge on any atom is -0.391 e. The van der Waals surface area contributed by atoms with Crippen molar-refractivity contribution >= 4 is 11.8 Å². The van der Waals surface area contributed by atoms with Crippen LogP contribution in [0.2, 0.25) is 0 Å². The first-order valence-electron chi connectivity index (χ1n) is 8.27. The van der Waals surface area contributed by atoms with Gasteiger partial charge >= 0.3 is 0 Å². The highest BCUT2D eigenvalue weighted by molar-refractivity contribution is 5.97. The van der Waals surface area contributed by atoms with Crippen LogP contribution >= 0.6 is 0 Å². The van der Waals surface area contributed by atoms with Crippen molar-refractivity contribution in [3.63, 3.8) is 0 Å². The highest BCUT2D eigenvalue weighted by Gasteiger charge is 2.39. The minimum absolute atomic E-state index is 0.149. The number of hydrogen-bond donors (Lipinski definition) is 2. The number of aromatic nitrogens is 1. The third-order valence-electron chi connectivity index (χ3n) is 4.34. The predicted molar refractivity (Wildman–Crippen MR) is 92.7 cm³/mol. The van der Waals surface area contributed by atoms with Gasteiger partial charge in [-0.15, -0.1) is 0 Å². The molecule has 2 atom stereocenters. The Morgan fingerprint density at radius 1 is 1.28 bits per heavy atom. The summed E-state index contributed by atoms with van der Waals surface area (Å²) in [7, 11) is 0. The van der Waals surface area contributed by atoms with Crippen molar-refractivity contribution in [1.29, 1.82) is 0 Å². The summed E-state index contributed by atoms with van der Waals surface area (Å²) >= 11 is 0. The molecule has 0 unspecified atom stereocenters. The molecule has 1 saturated heterocycles. The molecule has 2 amide bonds. The highest BCUT2D eigenvalue weighted by atomic mass is 16.3. The summed E-state index contributed by atoms with van der Waals surface area (Å²) in [6.45, 7) is 2.54. The molecule has 3 rings (SSSR count). The van der Waals surface area contributed by atoms with Crippen molar-refractivity contribution < 1.29 is 14.7 Å². The number of nitrogens with zero attached hydrogens (tertiary/aromatic N) is 2. The zero-order valence-electron chi connectivity index (χ0n) is 14.1. The van der Waals surface area contributed by atoms with Crippen LogP contribution in [0.15, 0.2) is 48.8 Å². The summed E-state index contributed by atoms with van der Waals surface area (Å²) in [4.78, 5) is 30.5. The van der Waals surface area contributed by atoms with E-state index >= 15 is 0 Å². The van der Waals surface area contributed by atoms with Crippen LogP contribution in [0.3, 0.4) is 0 Å². The molecular weight excluding hydrogens is 318 g/mol. The lowest BCUT2D eigenvalue weighted by atomic mass is 10.1. The van der Waals surface area contributed by atoms with Gasteiger partial charge in [0.15, 0.2) is 0 Å². The Labute approximate surface area is 146 Å². The molecule has 0 aliphatic carbocycles. The van der Waals surface area contributed by atoms with Gasteiger partial charge in [-0.2, -0.15) is 0 Å². The fraction of sp³-hybridized carbons (Fsp3) is 0.316. The van der Waals surface area contributed by atoms with Gasteiger partial charge in [0, 0.05) is 31.9 Å². The number of rotatable bonds is 4. The molecule has 2 heterocycles. The molecule has 130 valence electrons. The van der Waals surface area contributed by atoms with E-state index in [0.717, 1.165) is 11.1 Å². The van der Waals surface area contributed by atoms with E-state index in [0.29, 0.717) is 12.1 Å². The number of aliphatic hydroxyl groups excluding tert-OH is 1. The maximum absolute atomic E-state index is 12.6. The number of hydrogen-bond acceptors (Lipinski definition) is 4. The SMILES string of the molecule is Cc1ccc(CNC(=O)[C@@H]2C[C@@H](O)CN2C(=O)c2cccnc2)cc1. The molecule has 1 aromatic heterocycles. The Kier molecular flexibility index (Phi) is 5.09. The first kappa shape index (κ1) is 17.1. The van der Waals surface area contributed by atoms with Crippen LogP contribution in [-0.4, -0.2) is 45.5 Å². The van der Waals surface area contributed by atoms with Crippen molar-refractivity contribution in [1.82, 2.24) is 15.2 Å². The molecule has 2 aromatic rings. The Morgan fingerprint density at radius 3 is 2.72 bits per heavy atom. The number of aliphatic hydroxyl groups is 1. The van der Waals surface area contributed by atoms with Gasteiger partial charge in [0.2, 0.25) is 5.91 Å². The van der Waals surface area contributed by atoms with Gasteiger partial charge in [0.1, 0.15) is 6.04 Å². The number of carbonyl (C=O) groups is 2. The van der Waals surface area contributed by atoms with E-state index < -0.39 is 12.1 Å². The van der Waals surface area contributed by atoms with Crippen LogP contribution in [0.25, 0.3) is 0 Å². The van der Waals surface area contributed by atoms with Crippen molar-refractivity contribution in [2.24, 2.45) is 0 Å². The molecule has 6 heteroatoms. The fourth-order valence-electron chi connectivity index (χ4n) is 2.95. The molecule has 0 radical (unpaired) electrons. The summed E-state index contributed by atoms with van der Waals surface area (Å²) in [6, 6.07) is 10.5. The van der Waals surface area contributed by atoms with Crippen molar-refractivity contribution in [2.75, 3.05) is 6.54 Å². The third-order valence-corrected chi connectivity index (χ3v) is 4.34. The first-order chi connectivity index (χ1) is 12.0. The lowest BCUT2D eigenvalue weighted by Crippen LogP contribution is -2.45. The Bertz CT molecular complexity index is 746. The number of pyridine rings is 1. The van der Waals surface area contributed by atoms with Crippen LogP contribution < -0.4 is 5.32 Å². The Hall–Kier alpha value is -2.73. The zero-order valence-corrected chi connectivity index (χ0v) is 14.1. The lowest BCUT2D eigenvalue weighted by Gasteiger charge is -2.23. The van der Waals surface area contributed by atoms with E-state index in [2.05, 4.69) is 10.3 Å². The molecule has 1 aromatic carbocycles. The normalized spacial score (nSPS) is 19.7.